The lowest BCUT2D eigenvalue weighted by molar-refractivity contribution is 0.801. The molecule has 3 aromatic heterocycles. The minimum Gasteiger partial charge on any atom is -0.355 e. The molecule has 1 N–H and O–H groups in total. The molecule has 2 aliphatic heterocycles. The predicted molar refractivity (Wildman–Crippen MR) is 216 cm³/mol. The Balaban J connectivity index is 1.76. The number of aryl methyl sites for hydroxylation is 6. The van der Waals surface area contributed by atoms with Crippen molar-refractivity contribution in [2.24, 2.45) is 0 Å². The molecule has 2 aliphatic rings. The number of aromatic amines is 1. The molecule has 256 valence electrons. The van der Waals surface area contributed by atoms with E-state index in [0.29, 0.717) is 0 Å². The normalized spacial score (nSPS) is 13.3. The number of allylic oxidation sites excluding steroid dienone is 1. The van der Waals surface area contributed by atoms with Gasteiger partial charge in [0.2, 0.25) is 0 Å². The first-order valence-electron chi connectivity index (χ1n) is 19.1. The zero-order valence-electron chi connectivity index (χ0n) is 31.3. The summed E-state index contributed by atoms with van der Waals surface area (Å²) in [6, 6.07) is 20.2. The van der Waals surface area contributed by atoms with E-state index in [4.69, 9.17) is 9.97 Å². The fourth-order valence-electron chi connectivity index (χ4n) is 8.67. The molecule has 5 aromatic rings. The van der Waals surface area contributed by atoms with E-state index in [0.717, 1.165) is 78.9 Å². The Morgan fingerprint density at radius 1 is 0.600 bits per heavy atom. The summed E-state index contributed by atoms with van der Waals surface area (Å²) < 4.78 is 2.64. The summed E-state index contributed by atoms with van der Waals surface area (Å²) in [6.45, 7) is 19.3. The van der Waals surface area contributed by atoms with Crippen molar-refractivity contribution in [3.05, 3.63) is 116 Å². The molecule has 0 saturated heterocycles. The summed E-state index contributed by atoms with van der Waals surface area (Å²) >= 11 is 0. The van der Waals surface area contributed by atoms with E-state index in [1.165, 1.54) is 66.3 Å². The van der Waals surface area contributed by atoms with Gasteiger partial charge in [0, 0.05) is 45.7 Å². The molecule has 5 heterocycles. The van der Waals surface area contributed by atoms with E-state index in [1.54, 1.807) is 0 Å². The number of fused-ring (bicyclic) bond motifs is 9. The van der Waals surface area contributed by atoms with Gasteiger partial charge in [0.15, 0.2) is 0 Å². The molecule has 0 aliphatic carbocycles. The number of nitrogens with zero attached hydrogens (tertiary/aromatic N) is 3. The highest BCUT2D eigenvalue weighted by Crippen LogP contribution is 2.42. The van der Waals surface area contributed by atoms with Crippen molar-refractivity contribution in [1.82, 2.24) is 19.5 Å². The summed E-state index contributed by atoms with van der Waals surface area (Å²) in [5.41, 5.74) is 20.1. The van der Waals surface area contributed by atoms with Crippen molar-refractivity contribution in [2.75, 3.05) is 0 Å². The van der Waals surface area contributed by atoms with Crippen LogP contribution < -0.4 is 0 Å². The Labute approximate surface area is 298 Å². The number of H-pyrrole nitrogens is 1. The molecule has 0 saturated carbocycles. The van der Waals surface area contributed by atoms with Gasteiger partial charge in [-0.1, -0.05) is 90.9 Å². The average molecular weight is 661 g/mol. The molecule has 8 bridgehead atoms. The molecule has 4 heteroatoms. The van der Waals surface area contributed by atoms with Crippen LogP contribution >= 0.6 is 0 Å². The summed E-state index contributed by atoms with van der Waals surface area (Å²) in [5.74, 6) is 0.118. The van der Waals surface area contributed by atoms with Gasteiger partial charge in [0.25, 0.3) is 0 Å². The van der Waals surface area contributed by atoms with Crippen molar-refractivity contribution >= 4 is 56.6 Å². The highest BCUT2D eigenvalue weighted by molar-refractivity contribution is 5.92. The van der Waals surface area contributed by atoms with Crippen LogP contribution in [-0.2, 0) is 38.6 Å². The minimum absolute atomic E-state index is 0.118. The predicted octanol–water partition coefficient (Wildman–Crippen LogP) is 12.0. The zero-order chi connectivity index (χ0) is 35.1. The largest absolute Gasteiger partial charge is 0.355 e. The van der Waals surface area contributed by atoms with Gasteiger partial charge in [0.1, 0.15) is 0 Å². The standard InChI is InChI=1S/C46H52N4/c1-9-29-27-42-36(13-5)40-23-22-38(47-40)35(12-4)39-24-25-41(48-39)37(14-6)45-33(10-2)34(11-3)46(50(45)15-7)43(44(29)49-42)28(8)31-21-20-30-18-16-17-19-32(30)26-31/h16-28,47H,9-15H2,1-8H3. The Hall–Kier alpha value is -4.70. The molecule has 7 rings (SSSR count). The van der Waals surface area contributed by atoms with Crippen molar-refractivity contribution < 1.29 is 0 Å². The zero-order valence-corrected chi connectivity index (χ0v) is 31.3. The van der Waals surface area contributed by atoms with Gasteiger partial charge in [0.05, 0.1) is 33.8 Å². The Morgan fingerprint density at radius 3 is 1.82 bits per heavy atom. The number of hydrogen-bond acceptors (Lipinski definition) is 2. The minimum atomic E-state index is 0.118. The molecule has 0 radical (unpaired) electrons. The van der Waals surface area contributed by atoms with Gasteiger partial charge in [-0.15, -0.1) is 0 Å². The molecule has 1 unspecified atom stereocenters. The summed E-state index contributed by atoms with van der Waals surface area (Å²) in [7, 11) is 0. The van der Waals surface area contributed by atoms with Crippen LogP contribution in [-0.4, -0.2) is 19.5 Å². The molecule has 1 atom stereocenters. The number of aromatic nitrogens is 4. The van der Waals surface area contributed by atoms with Gasteiger partial charge in [-0.05, 0) is 109 Å². The van der Waals surface area contributed by atoms with Crippen molar-refractivity contribution in [1.29, 1.82) is 0 Å². The summed E-state index contributed by atoms with van der Waals surface area (Å²) in [6.07, 6.45) is 12.4. The average Bonchev–Trinajstić information content (AvgIpc) is 3.96. The Bertz CT molecular complexity index is 2340. The maximum Gasteiger partial charge on any atom is 0.0728 e. The molecular weight excluding hydrogens is 609 g/mol. The van der Waals surface area contributed by atoms with E-state index < -0.39 is 0 Å². The van der Waals surface area contributed by atoms with Gasteiger partial charge in [-0.25, -0.2) is 9.97 Å². The topological polar surface area (TPSA) is 46.5 Å². The van der Waals surface area contributed by atoms with Crippen molar-refractivity contribution in [3.8, 4) is 0 Å². The summed E-state index contributed by atoms with van der Waals surface area (Å²) in [5, 5.41) is 2.55. The van der Waals surface area contributed by atoms with E-state index >= 15 is 0 Å². The maximum atomic E-state index is 5.68. The third kappa shape index (κ3) is 5.44. The van der Waals surface area contributed by atoms with E-state index in [2.05, 4.69) is 138 Å². The molecule has 4 nitrogen and oxygen atoms in total. The second kappa shape index (κ2) is 13.9. The van der Waals surface area contributed by atoms with Crippen LogP contribution in [0, 0.1) is 0 Å². The first-order valence-corrected chi connectivity index (χ1v) is 19.1. The van der Waals surface area contributed by atoms with E-state index in [-0.39, 0.29) is 5.92 Å². The number of nitrogens with one attached hydrogen (secondary N) is 1. The number of rotatable bonds is 9. The maximum absolute atomic E-state index is 5.68. The van der Waals surface area contributed by atoms with Crippen LogP contribution in [0.3, 0.4) is 0 Å². The molecule has 0 amide bonds. The SMILES string of the molecule is CCC1=Cc2nc1c(C(C)c1ccc3ccccc3c1)c1c(CC)c(CC)c(c(CC)c3nc(c(CC)c4ccc([nH]4)c2CC)C=C3)n1CC. The molecular formula is C46H52N4. The quantitative estimate of drug-likeness (QED) is 0.168. The van der Waals surface area contributed by atoms with Crippen LogP contribution in [0.2, 0.25) is 0 Å². The highest BCUT2D eigenvalue weighted by Gasteiger charge is 2.27. The Kier molecular flexibility index (Phi) is 9.39. The summed E-state index contributed by atoms with van der Waals surface area (Å²) in [4.78, 5) is 14.9. The third-order valence-electron chi connectivity index (χ3n) is 11.2. The first-order chi connectivity index (χ1) is 24.4. The second-order valence-corrected chi connectivity index (χ2v) is 13.7. The van der Waals surface area contributed by atoms with Crippen LogP contribution in [0.1, 0.15) is 129 Å². The number of hydrogen-bond donors (Lipinski definition) is 1. The lowest BCUT2D eigenvalue weighted by Gasteiger charge is -2.20. The van der Waals surface area contributed by atoms with Gasteiger partial charge >= 0.3 is 0 Å². The van der Waals surface area contributed by atoms with E-state index in [9.17, 15) is 0 Å². The van der Waals surface area contributed by atoms with Gasteiger partial charge < -0.3 is 9.55 Å². The van der Waals surface area contributed by atoms with Crippen LogP contribution in [0.4, 0.5) is 0 Å². The fourth-order valence-corrected chi connectivity index (χ4v) is 8.67. The monoisotopic (exact) mass is 660 g/mol. The second-order valence-electron chi connectivity index (χ2n) is 13.7. The van der Waals surface area contributed by atoms with Crippen LogP contribution in [0.25, 0.3) is 56.6 Å². The van der Waals surface area contributed by atoms with Crippen LogP contribution in [0.15, 0.2) is 54.6 Å². The smallest absolute Gasteiger partial charge is 0.0728 e. The molecule has 0 fully saturated rings. The van der Waals surface area contributed by atoms with Crippen LogP contribution in [0.5, 0.6) is 0 Å². The fraction of sp³-hybridized carbons (Fsp3) is 0.348. The van der Waals surface area contributed by atoms with Crippen molar-refractivity contribution in [3.63, 3.8) is 0 Å². The number of benzene rings is 2. The lowest BCUT2D eigenvalue weighted by Crippen LogP contribution is -2.07. The first kappa shape index (κ1) is 33.8. The van der Waals surface area contributed by atoms with Gasteiger partial charge in [-0.2, -0.15) is 0 Å². The molecule has 50 heavy (non-hydrogen) atoms. The van der Waals surface area contributed by atoms with Gasteiger partial charge in [-0.3, -0.25) is 0 Å². The molecule has 2 aromatic carbocycles. The molecule has 0 spiro atoms. The Morgan fingerprint density at radius 2 is 1.20 bits per heavy atom. The van der Waals surface area contributed by atoms with Crippen molar-refractivity contribution in [2.45, 2.75) is 106 Å². The van der Waals surface area contributed by atoms with E-state index in [1.807, 2.05) is 0 Å². The third-order valence-corrected chi connectivity index (χ3v) is 11.2. The lowest BCUT2D eigenvalue weighted by atomic mass is 9.87. The highest BCUT2D eigenvalue weighted by atomic mass is 15.0.